The summed E-state index contributed by atoms with van der Waals surface area (Å²) in [5, 5.41) is 4.95. The molecule has 0 bridgehead atoms. The molecule has 0 spiro atoms. The van der Waals surface area contributed by atoms with Gasteiger partial charge in [-0.3, -0.25) is 0 Å². The van der Waals surface area contributed by atoms with Crippen molar-refractivity contribution < 1.29 is 4.68 Å². The van der Waals surface area contributed by atoms with Gasteiger partial charge in [-0.05, 0) is 12.1 Å². The molecule has 1 aromatic carbocycles. The van der Waals surface area contributed by atoms with Crippen molar-refractivity contribution in [1.82, 2.24) is 5.10 Å². The van der Waals surface area contributed by atoms with Crippen molar-refractivity contribution in [2.45, 2.75) is 0 Å². The van der Waals surface area contributed by atoms with E-state index >= 15 is 0 Å². The predicted molar refractivity (Wildman–Crippen MR) is 52.2 cm³/mol. The molecule has 0 saturated carbocycles. The fourth-order valence-corrected chi connectivity index (χ4v) is 2.08. The van der Waals surface area contributed by atoms with Crippen molar-refractivity contribution in [2.24, 2.45) is 7.05 Å². The molecule has 2 rings (SSSR count). The molecule has 0 aliphatic rings. The number of fused-ring (bicyclic) bond motifs is 1. The topological polar surface area (TPSA) is 19.7 Å². The molecule has 0 aliphatic heterocycles. The number of nitrogens with one attached hydrogen (secondary N) is 1. The van der Waals surface area contributed by atoms with E-state index < -0.39 is 0 Å². The molecule has 1 heterocycles. The molecule has 0 radical (unpaired) electrons. The minimum absolute atomic E-state index is 0.760. The highest BCUT2D eigenvalue weighted by molar-refractivity contribution is 9.10. The first-order valence-corrected chi connectivity index (χ1v) is 4.67. The van der Waals surface area contributed by atoms with Crippen LogP contribution in [0.25, 0.3) is 10.9 Å². The highest BCUT2D eigenvalue weighted by Gasteiger charge is 2.07. The number of aromatic nitrogens is 2. The Morgan fingerprint density at radius 2 is 2.25 bits per heavy atom. The van der Waals surface area contributed by atoms with Crippen LogP contribution in [0.4, 0.5) is 0 Å². The summed E-state index contributed by atoms with van der Waals surface area (Å²) in [5.41, 5.74) is 1.04. The fourth-order valence-electron chi connectivity index (χ4n) is 1.22. The van der Waals surface area contributed by atoms with E-state index in [1.54, 1.807) is 0 Å². The number of aryl methyl sites for hydroxylation is 1. The number of nitrogens with zero attached hydrogens (tertiary/aromatic N) is 1. The summed E-state index contributed by atoms with van der Waals surface area (Å²) in [4.78, 5) is 0. The molecule has 1 N–H and O–H groups in total. The first-order valence-electron chi connectivity index (χ1n) is 3.50. The van der Waals surface area contributed by atoms with Crippen LogP contribution in [-0.2, 0) is 7.05 Å². The Balaban J connectivity index is 2.88. The highest BCUT2D eigenvalue weighted by atomic mass is 79.9. The normalized spacial score (nSPS) is 10.9. The van der Waals surface area contributed by atoms with Gasteiger partial charge in [0.25, 0.3) is 0 Å². The van der Waals surface area contributed by atoms with E-state index in [0.29, 0.717) is 0 Å². The molecule has 12 heavy (non-hydrogen) atoms. The number of halogens is 2. The quantitative estimate of drug-likeness (QED) is 0.689. The standard InChI is InChI=1S/C8H6BrClN2/c1-12-4-6-7(10)2-5(9)3-8(6)11-12/h2-4H,1H3/p+1. The molecule has 0 saturated heterocycles. The van der Waals surface area contributed by atoms with Crippen LogP contribution < -0.4 is 4.68 Å². The van der Waals surface area contributed by atoms with Gasteiger partial charge in [-0.1, -0.05) is 27.5 Å². The zero-order valence-corrected chi connectivity index (χ0v) is 8.78. The van der Waals surface area contributed by atoms with Crippen LogP contribution in [-0.4, -0.2) is 5.10 Å². The van der Waals surface area contributed by atoms with Crippen LogP contribution in [0.2, 0.25) is 5.02 Å². The van der Waals surface area contributed by atoms with Gasteiger partial charge in [0.05, 0.1) is 10.4 Å². The second-order valence-corrected chi connectivity index (χ2v) is 4.02. The minimum atomic E-state index is 0.760. The van der Waals surface area contributed by atoms with Gasteiger partial charge < -0.3 is 0 Å². The number of rotatable bonds is 0. The second-order valence-electron chi connectivity index (χ2n) is 2.70. The van der Waals surface area contributed by atoms with E-state index in [9.17, 15) is 0 Å². The first kappa shape index (κ1) is 8.08. The van der Waals surface area contributed by atoms with Crippen LogP contribution >= 0.6 is 27.5 Å². The summed E-state index contributed by atoms with van der Waals surface area (Å²) in [6, 6.07) is 3.89. The zero-order valence-electron chi connectivity index (χ0n) is 6.44. The lowest BCUT2D eigenvalue weighted by Gasteiger charge is -1.91. The molecular formula is C8H7BrClN2+. The Labute approximate surface area is 83.3 Å². The average molecular weight is 247 g/mol. The number of H-pyrrole nitrogens is 1. The SMILES string of the molecule is C[n+]1cc2c(Cl)cc(Br)cc2[nH]1. The lowest BCUT2D eigenvalue weighted by Crippen LogP contribution is -2.27. The number of hydrogen-bond acceptors (Lipinski definition) is 0. The first-order chi connectivity index (χ1) is 5.66. The molecular weight excluding hydrogens is 239 g/mol. The Morgan fingerprint density at radius 1 is 1.50 bits per heavy atom. The Bertz CT molecular complexity index is 436. The number of aromatic amines is 1. The van der Waals surface area contributed by atoms with Gasteiger partial charge in [-0.15, -0.1) is 4.68 Å². The van der Waals surface area contributed by atoms with Gasteiger partial charge in [0, 0.05) is 4.47 Å². The largest absolute Gasteiger partial charge is 0.204 e. The summed E-state index contributed by atoms with van der Waals surface area (Å²) < 4.78 is 2.87. The van der Waals surface area contributed by atoms with E-state index in [-0.39, 0.29) is 0 Å². The van der Waals surface area contributed by atoms with Crippen molar-refractivity contribution >= 4 is 38.4 Å². The van der Waals surface area contributed by atoms with E-state index in [1.807, 2.05) is 30.1 Å². The van der Waals surface area contributed by atoms with Gasteiger partial charge in [-0.25, -0.2) is 0 Å². The third-order valence-electron chi connectivity index (χ3n) is 1.71. The molecule has 4 heteroatoms. The van der Waals surface area contributed by atoms with E-state index in [0.717, 1.165) is 20.4 Å². The molecule has 0 aliphatic carbocycles. The third-order valence-corrected chi connectivity index (χ3v) is 2.48. The molecule has 2 aromatic rings. The highest BCUT2D eigenvalue weighted by Crippen LogP contribution is 2.25. The summed E-state index contributed by atoms with van der Waals surface area (Å²) in [7, 11) is 1.93. The zero-order chi connectivity index (χ0) is 8.72. The maximum atomic E-state index is 6.01. The average Bonchev–Trinajstić information content (AvgIpc) is 2.29. The number of hydrogen-bond donors (Lipinski definition) is 1. The summed E-state index contributed by atoms with van der Waals surface area (Å²) >= 11 is 9.39. The van der Waals surface area contributed by atoms with Crippen LogP contribution in [0.1, 0.15) is 0 Å². The molecule has 0 amide bonds. The lowest BCUT2D eigenvalue weighted by molar-refractivity contribution is -0.724. The predicted octanol–water partition coefficient (Wildman–Crippen LogP) is 2.41. The van der Waals surface area contributed by atoms with Crippen molar-refractivity contribution in [3.63, 3.8) is 0 Å². The Hall–Kier alpha value is -0.540. The smallest absolute Gasteiger partial charge is 0.165 e. The van der Waals surface area contributed by atoms with Crippen LogP contribution in [0.5, 0.6) is 0 Å². The van der Waals surface area contributed by atoms with Crippen molar-refractivity contribution in [3.8, 4) is 0 Å². The van der Waals surface area contributed by atoms with E-state index in [1.165, 1.54) is 0 Å². The lowest BCUT2D eigenvalue weighted by atomic mass is 10.3. The molecule has 62 valence electrons. The maximum absolute atomic E-state index is 6.01. The molecule has 1 aromatic heterocycles. The van der Waals surface area contributed by atoms with Crippen molar-refractivity contribution in [3.05, 3.63) is 27.8 Å². The van der Waals surface area contributed by atoms with Gasteiger partial charge in [0.15, 0.2) is 7.05 Å². The van der Waals surface area contributed by atoms with E-state index in [4.69, 9.17) is 11.6 Å². The van der Waals surface area contributed by atoms with Crippen LogP contribution in [0.15, 0.2) is 22.8 Å². The molecule has 0 unspecified atom stereocenters. The molecule has 0 fully saturated rings. The summed E-state index contributed by atoms with van der Waals surface area (Å²) in [6.45, 7) is 0. The molecule has 2 nitrogen and oxygen atoms in total. The summed E-state index contributed by atoms with van der Waals surface area (Å²) in [5.74, 6) is 0. The molecule has 0 atom stereocenters. The fraction of sp³-hybridized carbons (Fsp3) is 0.125. The monoisotopic (exact) mass is 245 g/mol. The van der Waals surface area contributed by atoms with Crippen molar-refractivity contribution in [2.75, 3.05) is 0 Å². The van der Waals surface area contributed by atoms with Crippen LogP contribution in [0, 0.1) is 0 Å². The minimum Gasteiger partial charge on any atom is -0.165 e. The van der Waals surface area contributed by atoms with Crippen LogP contribution in [0.3, 0.4) is 0 Å². The Morgan fingerprint density at radius 3 is 3.00 bits per heavy atom. The van der Waals surface area contributed by atoms with Crippen molar-refractivity contribution in [1.29, 1.82) is 0 Å². The van der Waals surface area contributed by atoms with E-state index in [2.05, 4.69) is 21.0 Å². The summed E-state index contributed by atoms with van der Waals surface area (Å²) in [6.07, 6.45) is 1.96. The third kappa shape index (κ3) is 1.23. The van der Waals surface area contributed by atoms with Gasteiger partial charge in [-0.2, -0.15) is 5.10 Å². The Kier molecular flexibility index (Phi) is 1.85. The van der Waals surface area contributed by atoms with Gasteiger partial charge in [0.2, 0.25) is 6.20 Å². The number of benzene rings is 1. The second kappa shape index (κ2) is 2.75. The maximum Gasteiger partial charge on any atom is 0.204 e. The van der Waals surface area contributed by atoms with Gasteiger partial charge in [0.1, 0.15) is 5.52 Å². The van der Waals surface area contributed by atoms with Gasteiger partial charge >= 0.3 is 0 Å².